The summed E-state index contributed by atoms with van der Waals surface area (Å²) in [6.45, 7) is 13.5. The van der Waals surface area contributed by atoms with Crippen LogP contribution in [0.4, 0.5) is 5.69 Å². The van der Waals surface area contributed by atoms with Gasteiger partial charge in [0.15, 0.2) is 0 Å². The van der Waals surface area contributed by atoms with Crippen LogP contribution in [0.5, 0.6) is 0 Å². The number of anilines is 1. The summed E-state index contributed by atoms with van der Waals surface area (Å²) in [6, 6.07) is 5.95. The molecule has 2 aliphatic heterocycles. The molecule has 3 rings (SSSR count). The van der Waals surface area contributed by atoms with Crippen molar-refractivity contribution in [3.8, 4) is 0 Å². The van der Waals surface area contributed by atoms with Crippen molar-refractivity contribution in [2.24, 2.45) is 5.92 Å². The largest absolute Gasteiger partial charge is 0.395 e. The molecule has 1 saturated heterocycles. The van der Waals surface area contributed by atoms with Crippen molar-refractivity contribution in [2.45, 2.75) is 65.8 Å². The molecule has 7 heteroatoms. The lowest BCUT2D eigenvalue weighted by Gasteiger charge is -2.34. The lowest BCUT2D eigenvalue weighted by molar-refractivity contribution is -0.116. The molecule has 0 atom stereocenters. The zero-order valence-corrected chi connectivity index (χ0v) is 22.2. The monoisotopic (exact) mass is 486 g/mol. The molecule has 0 unspecified atom stereocenters. The summed E-state index contributed by atoms with van der Waals surface area (Å²) in [4.78, 5) is 34.6. The Morgan fingerprint density at radius 1 is 0.886 bits per heavy atom. The Balaban J connectivity index is 1.87. The minimum Gasteiger partial charge on any atom is -0.395 e. The smallest absolute Gasteiger partial charge is 0.253 e. The van der Waals surface area contributed by atoms with Gasteiger partial charge in [-0.3, -0.25) is 19.4 Å². The fraction of sp³-hybridized carbons (Fsp3) is 0.714. The van der Waals surface area contributed by atoms with E-state index < -0.39 is 0 Å². The third-order valence-electron chi connectivity index (χ3n) is 7.35. The summed E-state index contributed by atoms with van der Waals surface area (Å²) < 4.78 is 0. The molecule has 2 heterocycles. The van der Waals surface area contributed by atoms with E-state index in [2.05, 4.69) is 23.6 Å². The van der Waals surface area contributed by atoms with E-state index in [9.17, 15) is 14.7 Å². The number of β-amino-alcohol motifs (C(OH)–C–C–N with tert-alkyl or cyclic N) is 1. The molecule has 2 amide bonds. The molecule has 1 aromatic rings. The topological polar surface area (TPSA) is 67.3 Å². The van der Waals surface area contributed by atoms with Crippen molar-refractivity contribution in [1.29, 1.82) is 0 Å². The molecule has 0 radical (unpaired) electrons. The van der Waals surface area contributed by atoms with Crippen LogP contribution >= 0.6 is 0 Å². The average molecular weight is 487 g/mol. The summed E-state index contributed by atoms with van der Waals surface area (Å²) in [5, 5.41) is 9.19. The van der Waals surface area contributed by atoms with Gasteiger partial charge in [0.25, 0.3) is 5.91 Å². The predicted octanol–water partition coefficient (Wildman–Crippen LogP) is 3.60. The molecule has 0 aliphatic carbocycles. The molecule has 0 saturated carbocycles. The third-order valence-corrected chi connectivity index (χ3v) is 7.35. The van der Waals surface area contributed by atoms with E-state index in [0.717, 1.165) is 69.8 Å². The summed E-state index contributed by atoms with van der Waals surface area (Å²) in [7, 11) is 0. The molecule has 7 nitrogen and oxygen atoms in total. The molecule has 2 aliphatic rings. The summed E-state index contributed by atoms with van der Waals surface area (Å²) in [6.07, 6.45) is 6.93. The highest BCUT2D eigenvalue weighted by Crippen LogP contribution is 2.27. The van der Waals surface area contributed by atoms with Crippen molar-refractivity contribution >= 4 is 17.5 Å². The molecular weight excluding hydrogens is 440 g/mol. The van der Waals surface area contributed by atoms with Gasteiger partial charge >= 0.3 is 0 Å². The molecule has 1 aromatic carbocycles. The highest BCUT2D eigenvalue weighted by Gasteiger charge is 2.24. The van der Waals surface area contributed by atoms with E-state index in [1.165, 1.54) is 19.3 Å². The van der Waals surface area contributed by atoms with Gasteiger partial charge in [-0.15, -0.1) is 0 Å². The van der Waals surface area contributed by atoms with Crippen molar-refractivity contribution in [3.63, 3.8) is 0 Å². The van der Waals surface area contributed by atoms with E-state index in [-0.39, 0.29) is 18.4 Å². The van der Waals surface area contributed by atoms with Crippen LogP contribution in [0.25, 0.3) is 0 Å². The van der Waals surface area contributed by atoms with Gasteiger partial charge in [0.05, 0.1) is 6.61 Å². The first-order valence-electron chi connectivity index (χ1n) is 13.6. The predicted molar refractivity (Wildman–Crippen MR) is 142 cm³/mol. The molecule has 0 aromatic heterocycles. The van der Waals surface area contributed by atoms with Gasteiger partial charge in [0, 0.05) is 64.0 Å². The van der Waals surface area contributed by atoms with Crippen LogP contribution in [-0.2, 0) is 11.3 Å². The van der Waals surface area contributed by atoms with E-state index in [0.29, 0.717) is 31.1 Å². The summed E-state index contributed by atoms with van der Waals surface area (Å²) in [5.41, 5.74) is 2.74. The maximum atomic E-state index is 13.4. The van der Waals surface area contributed by atoms with Crippen LogP contribution in [0.3, 0.4) is 0 Å². The molecule has 0 bridgehead atoms. The van der Waals surface area contributed by atoms with E-state index in [4.69, 9.17) is 0 Å². The van der Waals surface area contributed by atoms with Crippen LogP contribution in [0.2, 0.25) is 0 Å². The maximum Gasteiger partial charge on any atom is 0.253 e. The third kappa shape index (κ3) is 8.29. The minimum atomic E-state index is 0.0608. The Morgan fingerprint density at radius 2 is 1.57 bits per heavy atom. The van der Waals surface area contributed by atoms with E-state index >= 15 is 0 Å². The highest BCUT2D eigenvalue weighted by atomic mass is 16.3. The maximum absolute atomic E-state index is 13.4. The minimum absolute atomic E-state index is 0.0608. The Kier molecular flexibility index (Phi) is 11.0. The number of hydrogen-bond donors (Lipinski definition) is 1. The Labute approximate surface area is 212 Å². The number of nitrogens with zero attached hydrogens (tertiary/aromatic N) is 4. The van der Waals surface area contributed by atoms with Gasteiger partial charge in [-0.05, 0) is 62.0 Å². The number of aliphatic hydroxyl groups excluding tert-OH is 1. The van der Waals surface area contributed by atoms with Gasteiger partial charge in [-0.25, -0.2) is 0 Å². The average Bonchev–Trinajstić information content (AvgIpc) is 2.83. The van der Waals surface area contributed by atoms with Gasteiger partial charge < -0.3 is 14.9 Å². The molecule has 196 valence electrons. The van der Waals surface area contributed by atoms with Crippen LogP contribution < -0.4 is 4.90 Å². The van der Waals surface area contributed by atoms with Crippen molar-refractivity contribution in [1.82, 2.24) is 14.7 Å². The standard InChI is InChI=1S/C28H46N4O3/c1-23(2)11-14-30-12-7-5-4-6-8-13-32(24(3)34)27-10-9-25(21-26(27)22-30)28(35)31-17-15-29(16-18-31)19-20-33/h9-10,21,23,33H,4-8,11-20,22H2,1-3H3. The number of carbonyl (C=O) groups excluding carboxylic acids is 2. The number of benzene rings is 1. The van der Waals surface area contributed by atoms with Crippen LogP contribution in [0.15, 0.2) is 18.2 Å². The zero-order valence-electron chi connectivity index (χ0n) is 22.2. The molecule has 0 spiro atoms. The number of amides is 2. The first-order chi connectivity index (χ1) is 16.9. The lowest BCUT2D eigenvalue weighted by Crippen LogP contribution is -2.49. The second kappa shape index (κ2) is 14.0. The second-order valence-electron chi connectivity index (χ2n) is 10.6. The first-order valence-corrected chi connectivity index (χ1v) is 13.6. The molecule has 1 N–H and O–H groups in total. The SMILES string of the molecule is CC(=O)N1CCCCCCCN(CCC(C)C)Cc2cc(C(=O)N3CCN(CCO)CC3)ccc21. The van der Waals surface area contributed by atoms with Crippen LogP contribution in [0, 0.1) is 5.92 Å². The lowest BCUT2D eigenvalue weighted by atomic mass is 10.0. The van der Waals surface area contributed by atoms with Crippen molar-refractivity contribution in [2.75, 3.05) is 63.9 Å². The Morgan fingerprint density at radius 3 is 2.23 bits per heavy atom. The summed E-state index contributed by atoms with van der Waals surface area (Å²) >= 11 is 0. The molecule has 35 heavy (non-hydrogen) atoms. The zero-order chi connectivity index (χ0) is 25.2. The van der Waals surface area contributed by atoms with Crippen molar-refractivity contribution in [3.05, 3.63) is 29.3 Å². The van der Waals surface area contributed by atoms with E-state index in [1.807, 2.05) is 28.0 Å². The van der Waals surface area contributed by atoms with Gasteiger partial charge in [-0.1, -0.05) is 33.1 Å². The number of hydrogen-bond acceptors (Lipinski definition) is 5. The number of carbonyl (C=O) groups is 2. The normalized spacial score (nSPS) is 19.2. The quantitative estimate of drug-likeness (QED) is 0.666. The number of piperazine rings is 1. The number of rotatable bonds is 6. The fourth-order valence-corrected chi connectivity index (χ4v) is 5.14. The number of fused-ring (bicyclic) bond motifs is 1. The van der Waals surface area contributed by atoms with Crippen LogP contribution in [0.1, 0.15) is 75.2 Å². The van der Waals surface area contributed by atoms with Crippen LogP contribution in [-0.4, -0.2) is 90.6 Å². The van der Waals surface area contributed by atoms with E-state index in [1.54, 1.807) is 6.92 Å². The second-order valence-corrected chi connectivity index (χ2v) is 10.6. The Hall–Kier alpha value is -1.96. The Bertz CT molecular complexity index is 820. The van der Waals surface area contributed by atoms with Gasteiger partial charge in [-0.2, -0.15) is 0 Å². The highest BCUT2D eigenvalue weighted by molar-refractivity contribution is 5.97. The summed E-state index contributed by atoms with van der Waals surface area (Å²) in [5.74, 6) is 0.767. The van der Waals surface area contributed by atoms with Gasteiger partial charge in [0.2, 0.25) is 5.91 Å². The molecule has 1 fully saturated rings. The van der Waals surface area contributed by atoms with Gasteiger partial charge in [0.1, 0.15) is 0 Å². The molecular formula is C28H46N4O3. The van der Waals surface area contributed by atoms with Crippen molar-refractivity contribution < 1.29 is 14.7 Å². The first kappa shape index (κ1) is 27.6. The fourth-order valence-electron chi connectivity index (χ4n) is 5.14. The number of aliphatic hydroxyl groups is 1.